The Labute approximate surface area is 124 Å². The summed E-state index contributed by atoms with van der Waals surface area (Å²) >= 11 is 4.37. The first-order valence-electron chi connectivity index (χ1n) is 5.89. The number of carboxylic acid groups (broad SMARTS) is 1. The van der Waals surface area contributed by atoms with E-state index in [1.165, 1.54) is 6.07 Å². The molecule has 0 bridgehead atoms. The van der Waals surface area contributed by atoms with Crippen molar-refractivity contribution < 1.29 is 18.3 Å². The summed E-state index contributed by atoms with van der Waals surface area (Å²) in [6.07, 6.45) is 2.41. The van der Waals surface area contributed by atoms with E-state index in [1.54, 1.807) is 6.07 Å². The maximum atomic E-state index is 12.1. The van der Waals surface area contributed by atoms with Crippen LogP contribution in [-0.2, 0) is 14.8 Å². The van der Waals surface area contributed by atoms with Gasteiger partial charge in [-0.3, -0.25) is 4.79 Å². The predicted molar refractivity (Wildman–Crippen MR) is 75.7 cm³/mol. The van der Waals surface area contributed by atoms with Gasteiger partial charge in [-0.05, 0) is 47.3 Å². The number of hydrogen-bond donors (Lipinski definition) is 2. The number of nitrogens with one attached hydrogen (secondary N) is 1. The molecule has 1 aromatic heterocycles. The van der Waals surface area contributed by atoms with E-state index in [0.29, 0.717) is 19.3 Å². The number of rotatable bonds is 4. The molecule has 0 radical (unpaired) electrons. The van der Waals surface area contributed by atoms with Crippen LogP contribution in [0.3, 0.4) is 0 Å². The highest BCUT2D eigenvalue weighted by atomic mass is 79.9. The SMILES string of the molecule is O=C(O)C1CCCC(NS(=O)(=O)c2ccc(Br)s2)C1. The maximum Gasteiger partial charge on any atom is 0.306 e. The molecule has 1 aromatic rings. The minimum atomic E-state index is -3.54. The molecule has 8 heteroatoms. The zero-order valence-corrected chi connectivity index (χ0v) is 13.2. The molecule has 2 rings (SSSR count). The lowest BCUT2D eigenvalue weighted by atomic mass is 9.86. The van der Waals surface area contributed by atoms with Crippen molar-refractivity contribution in [3.63, 3.8) is 0 Å². The van der Waals surface area contributed by atoms with Gasteiger partial charge in [0.05, 0.1) is 9.70 Å². The minimum absolute atomic E-state index is 0.247. The van der Waals surface area contributed by atoms with Gasteiger partial charge in [0.1, 0.15) is 4.21 Å². The molecular formula is C11H14BrNO4S2. The number of hydrogen-bond acceptors (Lipinski definition) is 4. The van der Waals surface area contributed by atoms with E-state index in [4.69, 9.17) is 5.11 Å². The molecule has 2 unspecified atom stereocenters. The normalized spacial score (nSPS) is 24.3. The van der Waals surface area contributed by atoms with Crippen molar-refractivity contribution in [2.45, 2.75) is 35.9 Å². The van der Waals surface area contributed by atoms with Crippen LogP contribution in [0.4, 0.5) is 0 Å². The molecule has 0 saturated heterocycles. The predicted octanol–water partition coefficient (Wildman–Crippen LogP) is 2.43. The molecule has 0 aliphatic heterocycles. The third-order valence-corrected chi connectivity index (χ3v) is 6.79. The van der Waals surface area contributed by atoms with Crippen LogP contribution < -0.4 is 4.72 Å². The minimum Gasteiger partial charge on any atom is -0.481 e. The van der Waals surface area contributed by atoms with Crippen LogP contribution >= 0.6 is 27.3 Å². The number of aliphatic carboxylic acids is 1. The first-order chi connectivity index (χ1) is 8.88. The molecule has 0 amide bonds. The van der Waals surface area contributed by atoms with E-state index < -0.39 is 21.9 Å². The van der Waals surface area contributed by atoms with Crippen LogP contribution in [-0.4, -0.2) is 25.5 Å². The zero-order chi connectivity index (χ0) is 14.0. The van der Waals surface area contributed by atoms with Gasteiger partial charge in [0.15, 0.2) is 0 Å². The van der Waals surface area contributed by atoms with Crippen molar-refractivity contribution in [1.29, 1.82) is 0 Å². The Hall–Kier alpha value is -0.440. The van der Waals surface area contributed by atoms with Gasteiger partial charge in [-0.1, -0.05) is 6.42 Å². The van der Waals surface area contributed by atoms with Gasteiger partial charge in [0.2, 0.25) is 10.0 Å². The standard InChI is InChI=1S/C11H14BrNO4S2/c12-9-4-5-10(18-9)19(16,17)13-8-3-1-2-7(6-8)11(14)15/h4-5,7-8,13H,1-3,6H2,(H,14,15). The number of carbonyl (C=O) groups is 1. The fourth-order valence-electron chi connectivity index (χ4n) is 2.24. The van der Waals surface area contributed by atoms with E-state index >= 15 is 0 Å². The first-order valence-corrected chi connectivity index (χ1v) is 8.98. The molecule has 2 atom stereocenters. The van der Waals surface area contributed by atoms with Crippen molar-refractivity contribution >= 4 is 43.3 Å². The molecule has 106 valence electrons. The number of carboxylic acids is 1. The molecule has 0 spiro atoms. The molecule has 5 nitrogen and oxygen atoms in total. The molecule has 1 fully saturated rings. The van der Waals surface area contributed by atoms with Gasteiger partial charge in [0, 0.05) is 6.04 Å². The molecule has 1 heterocycles. The lowest BCUT2D eigenvalue weighted by Crippen LogP contribution is -2.39. The van der Waals surface area contributed by atoms with Gasteiger partial charge in [-0.25, -0.2) is 13.1 Å². The van der Waals surface area contributed by atoms with E-state index in [9.17, 15) is 13.2 Å². The highest BCUT2D eigenvalue weighted by Crippen LogP contribution is 2.29. The Kier molecular flexibility index (Phi) is 4.65. The summed E-state index contributed by atoms with van der Waals surface area (Å²) < 4.78 is 27.8. The van der Waals surface area contributed by atoms with Crippen LogP contribution in [0.1, 0.15) is 25.7 Å². The van der Waals surface area contributed by atoms with Crippen LogP contribution in [0.5, 0.6) is 0 Å². The molecule has 0 aromatic carbocycles. The molecule has 1 saturated carbocycles. The highest BCUT2D eigenvalue weighted by Gasteiger charge is 2.30. The summed E-state index contributed by atoms with van der Waals surface area (Å²) in [6.45, 7) is 0. The number of thiophene rings is 1. The smallest absolute Gasteiger partial charge is 0.306 e. The Balaban J connectivity index is 2.06. The fraction of sp³-hybridized carbons (Fsp3) is 0.545. The van der Waals surface area contributed by atoms with Gasteiger partial charge in [0.25, 0.3) is 0 Å². The molecule has 1 aliphatic carbocycles. The maximum absolute atomic E-state index is 12.1. The second kappa shape index (κ2) is 5.90. The summed E-state index contributed by atoms with van der Waals surface area (Å²) in [6, 6.07) is 2.93. The summed E-state index contributed by atoms with van der Waals surface area (Å²) in [4.78, 5) is 11.0. The lowest BCUT2D eigenvalue weighted by molar-refractivity contribution is -0.143. The van der Waals surface area contributed by atoms with Crippen molar-refractivity contribution in [2.75, 3.05) is 0 Å². The number of sulfonamides is 1. The fourth-order valence-corrected chi connectivity index (χ4v) is 5.55. The summed E-state index contributed by atoms with van der Waals surface area (Å²) in [5.41, 5.74) is 0. The van der Waals surface area contributed by atoms with Crippen LogP contribution in [0, 0.1) is 5.92 Å². The summed E-state index contributed by atoms with van der Waals surface area (Å²) in [5.74, 6) is -1.29. The highest BCUT2D eigenvalue weighted by molar-refractivity contribution is 9.11. The van der Waals surface area contributed by atoms with Gasteiger partial charge < -0.3 is 5.11 Å². The van der Waals surface area contributed by atoms with Crippen molar-refractivity contribution in [3.05, 3.63) is 15.9 Å². The topological polar surface area (TPSA) is 83.5 Å². The molecular weight excluding hydrogens is 354 g/mol. The second-order valence-electron chi connectivity index (χ2n) is 4.58. The molecule has 1 aliphatic rings. The third kappa shape index (κ3) is 3.77. The zero-order valence-electron chi connectivity index (χ0n) is 10.0. The Morgan fingerprint density at radius 2 is 2.16 bits per heavy atom. The van der Waals surface area contributed by atoms with Crippen LogP contribution in [0.15, 0.2) is 20.1 Å². The van der Waals surface area contributed by atoms with E-state index in [-0.39, 0.29) is 10.3 Å². The average Bonchev–Trinajstić information content (AvgIpc) is 2.76. The third-order valence-electron chi connectivity index (χ3n) is 3.16. The second-order valence-corrected chi connectivity index (χ2v) is 8.98. The van der Waals surface area contributed by atoms with Crippen molar-refractivity contribution in [2.24, 2.45) is 5.92 Å². The van der Waals surface area contributed by atoms with Crippen molar-refractivity contribution in [3.8, 4) is 0 Å². The van der Waals surface area contributed by atoms with E-state index in [0.717, 1.165) is 21.5 Å². The van der Waals surface area contributed by atoms with Gasteiger partial charge in [-0.2, -0.15) is 0 Å². The van der Waals surface area contributed by atoms with Crippen LogP contribution in [0.25, 0.3) is 0 Å². The number of halogens is 1. The molecule has 19 heavy (non-hydrogen) atoms. The van der Waals surface area contributed by atoms with Crippen molar-refractivity contribution in [1.82, 2.24) is 4.72 Å². The lowest BCUT2D eigenvalue weighted by Gasteiger charge is -2.26. The Morgan fingerprint density at radius 1 is 1.42 bits per heavy atom. The van der Waals surface area contributed by atoms with Gasteiger partial charge >= 0.3 is 5.97 Å². The Morgan fingerprint density at radius 3 is 2.74 bits per heavy atom. The summed E-state index contributed by atoms with van der Waals surface area (Å²) in [7, 11) is -3.54. The quantitative estimate of drug-likeness (QED) is 0.855. The molecule has 2 N–H and O–H groups in total. The first kappa shape index (κ1) is 15.0. The monoisotopic (exact) mass is 367 g/mol. The summed E-state index contributed by atoms with van der Waals surface area (Å²) in [5, 5.41) is 8.99. The van der Waals surface area contributed by atoms with Gasteiger partial charge in [-0.15, -0.1) is 11.3 Å². The average molecular weight is 368 g/mol. The van der Waals surface area contributed by atoms with Crippen LogP contribution in [0.2, 0.25) is 0 Å². The van der Waals surface area contributed by atoms with E-state index in [2.05, 4.69) is 20.7 Å². The Bertz CT molecular complexity index is 569. The van der Waals surface area contributed by atoms with E-state index in [1.807, 2.05) is 0 Å². The largest absolute Gasteiger partial charge is 0.481 e.